The average molecular weight is 269 g/mol. The third-order valence-electron chi connectivity index (χ3n) is 3.85. The Kier molecular flexibility index (Phi) is 4.88. The van der Waals surface area contributed by atoms with Gasteiger partial charge in [-0.1, -0.05) is 25.7 Å². The first kappa shape index (κ1) is 14.4. The number of benzene rings is 1. The van der Waals surface area contributed by atoms with Gasteiger partial charge in [-0.25, -0.2) is 8.78 Å². The Morgan fingerprint density at radius 2 is 1.58 bits per heavy atom. The molecule has 1 aromatic carbocycles. The van der Waals surface area contributed by atoms with Crippen molar-refractivity contribution in [2.24, 2.45) is 5.73 Å². The van der Waals surface area contributed by atoms with E-state index < -0.39 is 11.6 Å². The second-order valence-corrected chi connectivity index (χ2v) is 5.37. The first-order valence-electron chi connectivity index (χ1n) is 6.93. The Bertz CT molecular complexity index is 394. The lowest BCUT2D eigenvalue weighted by Crippen LogP contribution is -2.40. The van der Waals surface area contributed by atoms with E-state index in [4.69, 9.17) is 10.5 Å². The molecule has 0 saturated heterocycles. The molecule has 19 heavy (non-hydrogen) atoms. The van der Waals surface area contributed by atoms with Crippen molar-refractivity contribution in [3.05, 3.63) is 35.4 Å². The fraction of sp³-hybridized carbons (Fsp3) is 0.600. The molecule has 1 saturated carbocycles. The van der Waals surface area contributed by atoms with Crippen LogP contribution in [0.15, 0.2) is 18.2 Å². The van der Waals surface area contributed by atoms with E-state index in [9.17, 15) is 8.78 Å². The molecule has 0 aliphatic heterocycles. The molecule has 1 aromatic rings. The maximum atomic E-state index is 13.1. The molecule has 0 spiro atoms. The summed E-state index contributed by atoms with van der Waals surface area (Å²) in [5, 5.41) is 0. The summed E-state index contributed by atoms with van der Waals surface area (Å²) in [7, 11) is 0. The molecule has 0 atom stereocenters. The van der Waals surface area contributed by atoms with Crippen LogP contribution in [0.25, 0.3) is 0 Å². The van der Waals surface area contributed by atoms with Gasteiger partial charge in [-0.05, 0) is 30.5 Å². The lowest BCUT2D eigenvalue weighted by molar-refractivity contribution is -0.0603. The van der Waals surface area contributed by atoms with Crippen molar-refractivity contribution in [1.29, 1.82) is 0 Å². The van der Waals surface area contributed by atoms with E-state index in [-0.39, 0.29) is 12.2 Å². The Morgan fingerprint density at radius 1 is 1.00 bits per heavy atom. The predicted molar refractivity (Wildman–Crippen MR) is 70.6 cm³/mol. The zero-order valence-electron chi connectivity index (χ0n) is 11.1. The molecule has 0 bridgehead atoms. The van der Waals surface area contributed by atoms with Crippen LogP contribution in [0.2, 0.25) is 0 Å². The van der Waals surface area contributed by atoms with Crippen LogP contribution < -0.4 is 5.73 Å². The van der Waals surface area contributed by atoms with Crippen LogP contribution in [0.4, 0.5) is 8.78 Å². The topological polar surface area (TPSA) is 35.2 Å². The Labute approximate surface area is 112 Å². The van der Waals surface area contributed by atoms with E-state index in [0.29, 0.717) is 12.1 Å². The van der Waals surface area contributed by atoms with Crippen LogP contribution in [0.5, 0.6) is 0 Å². The first-order chi connectivity index (χ1) is 9.13. The van der Waals surface area contributed by atoms with Crippen LogP contribution in [0.3, 0.4) is 0 Å². The predicted octanol–water partition coefficient (Wildman–Crippen LogP) is 3.53. The maximum Gasteiger partial charge on any atom is 0.126 e. The molecule has 1 fully saturated rings. The number of hydrogen-bond acceptors (Lipinski definition) is 2. The molecule has 0 amide bonds. The number of ether oxygens (including phenoxy) is 1. The summed E-state index contributed by atoms with van der Waals surface area (Å²) < 4.78 is 32.2. The van der Waals surface area contributed by atoms with Gasteiger partial charge in [-0.15, -0.1) is 0 Å². The zero-order chi connectivity index (χ0) is 13.7. The van der Waals surface area contributed by atoms with Gasteiger partial charge >= 0.3 is 0 Å². The van der Waals surface area contributed by atoms with Crippen molar-refractivity contribution in [2.75, 3.05) is 6.54 Å². The largest absolute Gasteiger partial charge is 0.369 e. The van der Waals surface area contributed by atoms with Crippen LogP contribution in [-0.4, -0.2) is 12.1 Å². The molecule has 2 nitrogen and oxygen atoms in total. The molecule has 2 rings (SSSR count). The van der Waals surface area contributed by atoms with Crippen molar-refractivity contribution in [3.63, 3.8) is 0 Å². The molecule has 0 aromatic heterocycles. The molecular formula is C15H21F2NO. The summed E-state index contributed by atoms with van der Waals surface area (Å²) in [6.07, 6.45) is 6.49. The Hall–Kier alpha value is -1.00. The second-order valence-electron chi connectivity index (χ2n) is 5.37. The number of nitrogens with two attached hydrogens (primary N) is 1. The lowest BCUT2D eigenvalue weighted by atomic mass is 9.94. The van der Waals surface area contributed by atoms with Gasteiger partial charge in [-0.3, -0.25) is 0 Å². The van der Waals surface area contributed by atoms with Crippen LogP contribution >= 0.6 is 0 Å². The van der Waals surface area contributed by atoms with Crippen molar-refractivity contribution in [3.8, 4) is 0 Å². The highest BCUT2D eigenvalue weighted by Gasteiger charge is 2.30. The average Bonchev–Trinajstić information content (AvgIpc) is 2.61. The zero-order valence-corrected chi connectivity index (χ0v) is 11.1. The van der Waals surface area contributed by atoms with Gasteiger partial charge in [0.05, 0.1) is 12.2 Å². The smallest absolute Gasteiger partial charge is 0.126 e. The highest BCUT2D eigenvalue weighted by molar-refractivity contribution is 5.17. The van der Waals surface area contributed by atoms with Gasteiger partial charge in [-0.2, -0.15) is 0 Å². The molecule has 106 valence electrons. The van der Waals surface area contributed by atoms with Gasteiger partial charge in [0.1, 0.15) is 11.6 Å². The summed E-state index contributed by atoms with van der Waals surface area (Å²) in [5.74, 6) is -1.14. The molecular weight excluding hydrogens is 248 g/mol. The highest BCUT2D eigenvalue weighted by Crippen LogP contribution is 2.30. The maximum absolute atomic E-state index is 13.1. The van der Waals surface area contributed by atoms with E-state index in [0.717, 1.165) is 31.7 Å². The molecule has 0 heterocycles. The van der Waals surface area contributed by atoms with Crippen LogP contribution in [0, 0.1) is 11.6 Å². The number of hydrogen-bond donors (Lipinski definition) is 1. The first-order valence-corrected chi connectivity index (χ1v) is 6.93. The molecule has 1 aliphatic carbocycles. The van der Waals surface area contributed by atoms with Crippen LogP contribution in [0.1, 0.15) is 44.1 Å². The lowest BCUT2D eigenvalue weighted by Gasteiger charge is -2.31. The minimum Gasteiger partial charge on any atom is -0.369 e. The van der Waals surface area contributed by atoms with Crippen LogP contribution in [-0.2, 0) is 11.3 Å². The standard InChI is InChI=1S/C15H21F2NO/c16-13-7-12(8-14(17)9-13)10-19-15(11-18)5-3-1-2-4-6-15/h7-9H,1-6,10-11,18H2. The molecule has 0 unspecified atom stereocenters. The third-order valence-corrected chi connectivity index (χ3v) is 3.85. The summed E-state index contributed by atoms with van der Waals surface area (Å²) in [6.45, 7) is 0.677. The van der Waals surface area contributed by atoms with Gasteiger partial charge in [0, 0.05) is 12.6 Å². The van der Waals surface area contributed by atoms with E-state index in [1.54, 1.807) is 0 Å². The fourth-order valence-electron chi connectivity index (χ4n) is 2.71. The highest BCUT2D eigenvalue weighted by atomic mass is 19.1. The fourth-order valence-corrected chi connectivity index (χ4v) is 2.71. The van der Waals surface area contributed by atoms with Gasteiger partial charge in [0.15, 0.2) is 0 Å². The van der Waals surface area contributed by atoms with Crippen molar-refractivity contribution < 1.29 is 13.5 Å². The van der Waals surface area contributed by atoms with E-state index in [1.807, 2.05) is 0 Å². The molecule has 4 heteroatoms. The molecule has 1 aliphatic rings. The van der Waals surface area contributed by atoms with Gasteiger partial charge in [0.25, 0.3) is 0 Å². The van der Waals surface area contributed by atoms with E-state index >= 15 is 0 Å². The van der Waals surface area contributed by atoms with Crippen molar-refractivity contribution >= 4 is 0 Å². The SMILES string of the molecule is NCC1(OCc2cc(F)cc(F)c2)CCCCCC1. The Morgan fingerprint density at radius 3 is 2.11 bits per heavy atom. The monoisotopic (exact) mass is 269 g/mol. The normalized spacial score (nSPS) is 19.1. The minimum absolute atomic E-state index is 0.214. The molecule has 2 N–H and O–H groups in total. The van der Waals surface area contributed by atoms with E-state index in [1.165, 1.54) is 25.0 Å². The third kappa shape index (κ3) is 3.98. The molecule has 0 radical (unpaired) electrons. The second kappa shape index (κ2) is 6.44. The summed E-state index contributed by atoms with van der Waals surface area (Å²) in [6, 6.07) is 3.49. The Balaban J connectivity index is 2.02. The number of halogens is 2. The van der Waals surface area contributed by atoms with Crippen molar-refractivity contribution in [1.82, 2.24) is 0 Å². The summed E-state index contributed by atoms with van der Waals surface area (Å²) in [5.41, 5.74) is 6.06. The minimum atomic E-state index is -0.568. The van der Waals surface area contributed by atoms with Gasteiger partial charge < -0.3 is 10.5 Å². The number of rotatable bonds is 4. The van der Waals surface area contributed by atoms with E-state index in [2.05, 4.69) is 0 Å². The quantitative estimate of drug-likeness (QED) is 0.849. The van der Waals surface area contributed by atoms with Crippen molar-refractivity contribution in [2.45, 2.75) is 50.7 Å². The van der Waals surface area contributed by atoms with Gasteiger partial charge in [0.2, 0.25) is 0 Å². The summed E-state index contributed by atoms with van der Waals surface area (Å²) >= 11 is 0. The summed E-state index contributed by atoms with van der Waals surface area (Å²) in [4.78, 5) is 0.